The molecule has 0 atom stereocenters. The average Bonchev–Trinajstić information content (AvgIpc) is 2.74. The quantitative estimate of drug-likeness (QED) is 0.238. The van der Waals surface area contributed by atoms with Gasteiger partial charge in [-0.25, -0.2) is 0 Å². The second-order valence-electron chi connectivity index (χ2n) is 9.11. The number of aromatic nitrogens is 1. The minimum Gasteiger partial charge on any atom is -0.541 e. The van der Waals surface area contributed by atoms with Crippen LogP contribution in [-0.4, -0.2) is 33.1 Å². The summed E-state index contributed by atoms with van der Waals surface area (Å²) in [5.74, 6) is 1.38. The first-order valence-corrected chi connectivity index (χ1v) is 15.9. The van der Waals surface area contributed by atoms with Crippen molar-refractivity contribution in [1.82, 2.24) is 4.98 Å². The van der Waals surface area contributed by atoms with Gasteiger partial charge in [0.15, 0.2) is 5.75 Å². The van der Waals surface area contributed by atoms with Crippen LogP contribution in [0.25, 0.3) is 11.4 Å². The number of pyridine rings is 1. The lowest BCUT2D eigenvalue weighted by molar-refractivity contribution is 0.231. The number of benzene rings is 1. The zero-order chi connectivity index (χ0) is 24.7. The molecule has 0 aliphatic heterocycles. The highest BCUT2D eigenvalue weighted by molar-refractivity contribution is 7.65. The van der Waals surface area contributed by atoms with Crippen molar-refractivity contribution in [1.29, 1.82) is 0 Å². The molecule has 0 saturated carbocycles. The van der Waals surface area contributed by atoms with E-state index in [2.05, 4.69) is 38.8 Å². The van der Waals surface area contributed by atoms with E-state index >= 15 is 0 Å². The fourth-order valence-electron chi connectivity index (χ4n) is 2.90. The van der Waals surface area contributed by atoms with Crippen LogP contribution >= 0.6 is 7.60 Å². The van der Waals surface area contributed by atoms with E-state index in [0.29, 0.717) is 23.2 Å². The van der Waals surface area contributed by atoms with Crippen molar-refractivity contribution in [2.24, 2.45) is 0 Å². The summed E-state index contributed by atoms with van der Waals surface area (Å²) in [4.78, 5) is 4.19. The molecule has 0 bridgehead atoms. The largest absolute Gasteiger partial charge is 0.541 e. The maximum Gasteiger partial charge on any atom is 0.361 e. The Labute approximate surface area is 200 Å². The molecule has 0 unspecified atom stereocenters. The molecule has 0 amide bonds. The van der Waals surface area contributed by atoms with E-state index in [0.717, 1.165) is 11.3 Å². The van der Waals surface area contributed by atoms with Crippen molar-refractivity contribution >= 4 is 27.3 Å². The lowest BCUT2D eigenvalue weighted by Crippen LogP contribution is -2.43. The second kappa shape index (κ2) is 11.5. The van der Waals surface area contributed by atoms with Gasteiger partial charge in [0.1, 0.15) is 5.75 Å². The van der Waals surface area contributed by atoms with E-state index in [9.17, 15) is 4.57 Å². The minimum absolute atomic E-state index is 0.0597. The number of nitrogens with zero attached hydrogens (tertiary/aromatic N) is 1. The van der Waals surface area contributed by atoms with Crippen molar-refractivity contribution in [2.45, 2.75) is 59.7 Å². The van der Waals surface area contributed by atoms with Crippen molar-refractivity contribution in [3.63, 3.8) is 0 Å². The van der Waals surface area contributed by atoms with Crippen LogP contribution in [0.15, 0.2) is 42.7 Å². The molecule has 1 aromatic heterocycles. The maximum atomic E-state index is 13.7. The van der Waals surface area contributed by atoms with Crippen LogP contribution in [0.1, 0.15) is 52.7 Å². The van der Waals surface area contributed by atoms with Gasteiger partial charge in [-0.1, -0.05) is 32.9 Å². The molecule has 182 valence electrons. The first-order chi connectivity index (χ1) is 15.5. The van der Waals surface area contributed by atoms with E-state index in [-0.39, 0.29) is 18.3 Å². The summed E-state index contributed by atoms with van der Waals surface area (Å²) in [6.07, 6.45) is 5.16. The highest BCUT2D eigenvalue weighted by atomic mass is 31.2. The van der Waals surface area contributed by atoms with E-state index in [1.807, 2.05) is 37.3 Å². The highest BCUT2D eigenvalue weighted by Crippen LogP contribution is 2.61. The molecule has 0 radical (unpaired) electrons. The van der Waals surface area contributed by atoms with Crippen LogP contribution in [0.2, 0.25) is 18.1 Å². The molecule has 0 saturated heterocycles. The smallest absolute Gasteiger partial charge is 0.361 e. The van der Waals surface area contributed by atoms with Crippen LogP contribution in [0, 0.1) is 0 Å². The number of ether oxygens (including phenoxy) is 1. The Kier molecular flexibility index (Phi) is 9.50. The molecule has 1 aromatic carbocycles. The monoisotopic (exact) mass is 491 g/mol. The van der Waals surface area contributed by atoms with Gasteiger partial charge in [-0.05, 0) is 68.7 Å². The van der Waals surface area contributed by atoms with E-state index < -0.39 is 15.9 Å². The summed E-state index contributed by atoms with van der Waals surface area (Å²) < 4.78 is 37.4. The number of hydrogen-bond donors (Lipinski definition) is 0. The van der Waals surface area contributed by atoms with Gasteiger partial charge in [0, 0.05) is 18.0 Å². The maximum absolute atomic E-state index is 13.7. The Morgan fingerprint density at radius 3 is 2.21 bits per heavy atom. The van der Waals surface area contributed by atoms with Crippen molar-refractivity contribution in [3.8, 4) is 11.5 Å². The summed E-state index contributed by atoms with van der Waals surface area (Å²) in [6, 6.07) is 9.41. The third-order valence-electron chi connectivity index (χ3n) is 5.59. The van der Waals surface area contributed by atoms with Crippen molar-refractivity contribution in [2.75, 3.05) is 19.8 Å². The third kappa shape index (κ3) is 7.03. The number of rotatable bonds is 11. The predicted octanol–water partition coefficient (Wildman–Crippen LogP) is 7.63. The van der Waals surface area contributed by atoms with Gasteiger partial charge in [-0.15, -0.1) is 0 Å². The van der Waals surface area contributed by atoms with Crippen LogP contribution in [-0.2, 0) is 13.6 Å². The Bertz CT molecular complexity index is 976. The molecule has 0 aliphatic rings. The van der Waals surface area contributed by atoms with E-state index in [4.69, 9.17) is 18.2 Å². The van der Waals surface area contributed by atoms with Crippen LogP contribution in [0.3, 0.4) is 0 Å². The van der Waals surface area contributed by atoms with Crippen LogP contribution in [0.5, 0.6) is 11.5 Å². The average molecular weight is 492 g/mol. The zero-order valence-electron chi connectivity index (χ0n) is 21.2. The molecule has 6 nitrogen and oxygen atoms in total. The summed E-state index contributed by atoms with van der Waals surface area (Å²) in [5, 5.41) is 0.518. The summed E-state index contributed by atoms with van der Waals surface area (Å²) in [6.45, 7) is 17.6. The van der Waals surface area contributed by atoms with E-state index in [1.165, 1.54) is 0 Å². The topological polar surface area (TPSA) is 66.9 Å². The molecule has 0 aliphatic carbocycles. The fraction of sp³-hybridized carbons (Fsp3) is 0.480. The van der Waals surface area contributed by atoms with E-state index in [1.54, 1.807) is 32.3 Å². The first-order valence-electron chi connectivity index (χ1n) is 11.4. The lowest BCUT2D eigenvalue weighted by atomic mass is 10.1. The van der Waals surface area contributed by atoms with Gasteiger partial charge in [0.25, 0.3) is 8.32 Å². The van der Waals surface area contributed by atoms with Gasteiger partial charge in [-0.3, -0.25) is 9.55 Å². The van der Waals surface area contributed by atoms with Crippen LogP contribution in [0.4, 0.5) is 0 Å². The summed E-state index contributed by atoms with van der Waals surface area (Å²) >= 11 is 0. The first kappa shape index (κ1) is 27.3. The molecule has 33 heavy (non-hydrogen) atoms. The summed E-state index contributed by atoms with van der Waals surface area (Å²) in [7, 11) is -5.61. The zero-order valence-corrected chi connectivity index (χ0v) is 23.1. The Hall–Kier alpha value is -1.92. The molecule has 1 heterocycles. The molecule has 0 spiro atoms. The minimum atomic E-state index is -3.56. The van der Waals surface area contributed by atoms with Crippen LogP contribution < -0.4 is 9.16 Å². The summed E-state index contributed by atoms with van der Waals surface area (Å²) in [5.41, 5.74) is 1.49. The third-order valence-corrected chi connectivity index (χ3v) is 12.1. The molecule has 0 fully saturated rings. The predicted molar refractivity (Wildman–Crippen MR) is 138 cm³/mol. The normalized spacial score (nSPS) is 13.2. The SMILES string of the molecule is CCOc1cc(/C=C(\c2cccnc2)P(=O)(OCC)OCC)ccc1O[Si](C)(C)C(C)(C)C. The molecular weight excluding hydrogens is 453 g/mol. The molecular formula is C25H38NO5PSi. The van der Waals surface area contributed by atoms with Gasteiger partial charge < -0.3 is 18.2 Å². The Morgan fingerprint density at radius 1 is 1.03 bits per heavy atom. The highest BCUT2D eigenvalue weighted by Gasteiger charge is 2.39. The fourth-order valence-corrected chi connectivity index (χ4v) is 5.72. The standard InChI is InChI=1S/C25H38NO5PSi/c1-9-28-23-17-20(14-15-22(23)31-33(7,8)25(4,5)6)18-24(21-13-12-16-26-19-21)32(27,29-10-2)30-11-3/h12-19H,9-11H2,1-8H3/b24-18+. The Balaban J connectivity index is 2.60. The van der Waals surface area contributed by atoms with Crippen molar-refractivity contribution < 1.29 is 22.8 Å². The molecule has 2 aromatic rings. The van der Waals surface area contributed by atoms with Crippen molar-refractivity contribution in [3.05, 3.63) is 53.9 Å². The second-order valence-corrected chi connectivity index (χ2v) is 15.8. The number of hydrogen-bond acceptors (Lipinski definition) is 6. The van der Waals surface area contributed by atoms with Gasteiger partial charge in [0.05, 0.1) is 25.1 Å². The van der Waals surface area contributed by atoms with Gasteiger partial charge >= 0.3 is 7.60 Å². The molecule has 2 rings (SSSR count). The molecule has 8 heteroatoms. The van der Waals surface area contributed by atoms with Gasteiger partial charge in [0.2, 0.25) is 0 Å². The Morgan fingerprint density at radius 2 is 1.70 bits per heavy atom. The van der Waals surface area contributed by atoms with Gasteiger partial charge in [-0.2, -0.15) is 0 Å². The molecule has 0 N–H and O–H groups in total. The lowest BCUT2D eigenvalue weighted by Gasteiger charge is -2.36.